The molecule has 3 nitrogen and oxygen atoms in total. The lowest BCUT2D eigenvalue weighted by Gasteiger charge is -2.15. The molecule has 1 atom stereocenters. The van der Waals surface area contributed by atoms with E-state index in [1.807, 2.05) is 61.9 Å². The lowest BCUT2D eigenvalue weighted by atomic mass is 10.1. The van der Waals surface area contributed by atoms with Crippen molar-refractivity contribution in [3.8, 4) is 5.75 Å². The van der Waals surface area contributed by atoms with Crippen LogP contribution in [0.5, 0.6) is 5.75 Å². The SMILES string of the molecule is COc1ccc(C(=NS(=O)C(C)(C)C)c2ccsc2)cc1. The average Bonchev–Trinajstić information content (AvgIpc) is 2.97. The van der Waals surface area contributed by atoms with Crippen molar-refractivity contribution in [2.45, 2.75) is 25.5 Å². The van der Waals surface area contributed by atoms with Crippen LogP contribution in [0.25, 0.3) is 0 Å². The number of nitrogens with zero attached hydrogens (tertiary/aromatic N) is 1. The lowest BCUT2D eigenvalue weighted by Crippen LogP contribution is -2.21. The Labute approximate surface area is 132 Å². The molecule has 0 fully saturated rings. The third-order valence-corrected chi connectivity index (χ3v) is 4.94. The van der Waals surface area contributed by atoms with Gasteiger partial charge in [-0.05, 0) is 56.5 Å². The molecule has 0 aliphatic rings. The van der Waals surface area contributed by atoms with Crippen molar-refractivity contribution < 1.29 is 8.95 Å². The van der Waals surface area contributed by atoms with Crippen LogP contribution in [0.1, 0.15) is 31.9 Å². The van der Waals surface area contributed by atoms with Gasteiger partial charge in [-0.15, -0.1) is 0 Å². The van der Waals surface area contributed by atoms with E-state index in [0.29, 0.717) is 0 Å². The van der Waals surface area contributed by atoms with E-state index < -0.39 is 11.0 Å². The summed E-state index contributed by atoms with van der Waals surface area (Å²) in [5.74, 6) is 0.792. The van der Waals surface area contributed by atoms with Gasteiger partial charge in [-0.2, -0.15) is 15.7 Å². The molecular weight excluding hydrogens is 302 g/mol. The highest BCUT2D eigenvalue weighted by atomic mass is 32.2. The summed E-state index contributed by atoms with van der Waals surface area (Å²) in [6, 6.07) is 9.65. The number of rotatable bonds is 4. The van der Waals surface area contributed by atoms with E-state index in [4.69, 9.17) is 4.74 Å². The smallest absolute Gasteiger partial charge is 0.145 e. The van der Waals surface area contributed by atoms with E-state index in [-0.39, 0.29) is 4.75 Å². The molecule has 1 unspecified atom stereocenters. The van der Waals surface area contributed by atoms with Crippen molar-refractivity contribution >= 4 is 28.0 Å². The van der Waals surface area contributed by atoms with Gasteiger partial charge in [0, 0.05) is 16.5 Å². The van der Waals surface area contributed by atoms with Crippen molar-refractivity contribution in [3.05, 3.63) is 52.2 Å². The Hall–Kier alpha value is -1.46. The molecule has 2 rings (SSSR count). The molecule has 21 heavy (non-hydrogen) atoms. The quantitative estimate of drug-likeness (QED) is 0.797. The topological polar surface area (TPSA) is 38.7 Å². The Bertz CT molecular complexity index is 638. The van der Waals surface area contributed by atoms with Crippen LogP contribution in [0.3, 0.4) is 0 Å². The summed E-state index contributed by atoms with van der Waals surface area (Å²) < 4.78 is 21.6. The van der Waals surface area contributed by atoms with E-state index in [1.165, 1.54) is 0 Å². The predicted molar refractivity (Wildman–Crippen MR) is 90.8 cm³/mol. The molecule has 0 saturated heterocycles. The third kappa shape index (κ3) is 4.02. The van der Waals surface area contributed by atoms with Gasteiger partial charge < -0.3 is 4.74 Å². The average molecular weight is 321 g/mol. The Balaban J connectivity index is 2.46. The normalized spacial score (nSPS) is 14.0. The summed E-state index contributed by atoms with van der Waals surface area (Å²) in [6.07, 6.45) is 0. The van der Waals surface area contributed by atoms with E-state index in [0.717, 1.165) is 22.6 Å². The number of hydrogen-bond donors (Lipinski definition) is 0. The lowest BCUT2D eigenvalue weighted by molar-refractivity contribution is 0.415. The van der Waals surface area contributed by atoms with Crippen LogP contribution in [0.4, 0.5) is 0 Å². The highest BCUT2D eigenvalue weighted by Crippen LogP contribution is 2.20. The molecule has 1 heterocycles. The van der Waals surface area contributed by atoms with E-state index in [1.54, 1.807) is 18.4 Å². The zero-order chi connectivity index (χ0) is 15.5. The van der Waals surface area contributed by atoms with Crippen LogP contribution >= 0.6 is 11.3 Å². The second-order valence-electron chi connectivity index (χ2n) is 5.54. The fourth-order valence-corrected chi connectivity index (χ4v) is 2.93. The fraction of sp³-hybridized carbons (Fsp3) is 0.312. The highest BCUT2D eigenvalue weighted by molar-refractivity contribution is 7.85. The molecule has 1 aromatic heterocycles. The Morgan fingerprint density at radius 3 is 2.29 bits per heavy atom. The van der Waals surface area contributed by atoms with E-state index in [2.05, 4.69) is 4.40 Å². The molecule has 0 radical (unpaired) electrons. The minimum atomic E-state index is -1.30. The summed E-state index contributed by atoms with van der Waals surface area (Å²) in [7, 11) is 0.338. The summed E-state index contributed by atoms with van der Waals surface area (Å²) >= 11 is 1.60. The van der Waals surface area contributed by atoms with Crippen LogP contribution in [0.2, 0.25) is 0 Å². The van der Waals surface area contributed by atoms with Gasteiger partial charge >= 0.3 is 0 Å². The fourth-order valence-electron chi connectivity index (χ4n) is 1.64. The zero-order valence-corrected chi connectivity index (χ0v) is 14.3. The van der Waals surface area contributed by atoms with Crippen LogP contribution in [-0.4, -0.2) is 21.8 Å². The van der Waals surface area contributed by atoms with Gasteiger partial charge in [-0.1, -0.05) is 0 Å². The first-order valence-corrected chi connectivity index (χ1v) is 8.64. The predicted octanol–water partition coefficient (Wildman–Crippen LogP) is 4.06. The molecule has 112 valence electrons. The van der Waals surface area contributed by atoms with Crippen LogP contribution in [-0.2, 0) is 11.0 Å². The molecule has 2 aromatic rings. The molecular formula is C16H19NO2S2. The Kier molecular flexibility index (Phi) is 4.96. The summed E-state index contributed by atoms with van der Waals surface area (Å²) in [4.78, 5) is 0. The number of methoxy groups -OCH3 is 1. The summed E-state index contributed by atoms with van der Waals surface area (Å²) in [6.45, 7) is 5.77. The summed E-state index contributed by atoms with van der Waals surface area (Å²) in [5.41, 5.74) is 2.68. The molecule has 5 heteroatoms. The van der Waals surface area contributed by atoms with Crippen LogP contribution in [0.15, 0.2) is 45.5 Å². The highest BCUT2D eigenvalue weighted by Gasteiger charge is 2.21. The van der Waals surface area contributed by atoms with Gasteiger partial charge in [0.1, 0.15) is 16.7 Å². The summed E-state index contributed by atoms with van der Waals surface area (Å²) in [5, 5.41) is 4.01. The van der Waals surface area contributed by atoms with Gasteiger partial charge in [-0.3, -0.25) is 0 Å². The van der Waals surface area contributed by atoms with Gasteiger partial charge in [0.05, 0.1) is 17.6 Å². The van der Waals surface area contributed by atoms with Gasteiger partial charge in [0.25, 0.3) is 0 Å². The second kappa shape index (κ2) is 6.54. The second-order valence-corrected chi connectivity index (χ2v) is 8.23. The van der Waals surface area contributed by atoms with Crippen molar-refractivity contribution in [3.63, 3.8) is 0 Å². The first-order chi connectivity index (χ1) is 9.91. The van der Waals surface area contributed by atoms with Gasteiger partial charge in [0.15, 0.2) is 0 Å². The maximum Gasteiger partial charge on any atom is 0.145 e. The molecule has 0 saturated carbocycles. The molecule has 0 aliphatic heterocycles. The van der Waals surface area contributed by atoms with E-state index >= 15 is 0 Å². The van der Waals surface area contributed by atoms with Crippen LogP contribution < -0.4 is 4.74 Å². The van der Waals surface area contributed by atoms with Gasteiger partial charge in [0.2, 0.25) is 0 Å². The monoisotopic (exact) mass is 321 g/mol. The maximum atomic E-state index is 12.4. The number of ether oxygens (including phenoxy) is 1. The van der Waals surface area contributed by atoms with Crippen molar-refractivity contribution in [2.24, 2.45) is 4.40 Å². The molecule has 0 amide bonds. The van der Waals surface area contributed by atoms with Crippen LogP contribution in [0, 0.1) is 0 Å². The van der Waals surface area contributed by atoms with E-state index in [9.17, 15) is 4.21 Å². The Morgan fingerprint density at radius 1 is 1.14 bits per heavy atom. The molecule has 0 spiro atoms. The molecule has 0 N–H and O–H groups in total. The minimum Gasteiger partial charge on any atom is -0.497 e. The minimum absolute atomic E-state index is 0.381. The first kappa shape index (κ1) is 15.9. The van der Waals surface area contributed by atoms with Crippen molar-refractivity contribution in [1.82, 2.24) is 0 Å². The largest absolute Gasteiger partial charge is 0.497 e. The van der Waals surface area contributed by atoms with Crippen molar-refractivity contribution in [1.29, 1.82) is 0 Å². The van der Waals surface area contributed by atoms with Crippen molar-refractivity contribution in [2.75, 3.05) is 7.11 Å². The first-order valence-electron chi connectivity index (χ1n) is 6.59. The number of thiophene rings is 1. The Morgan fingerprint density at radius 2 is 1.81 bits per heavy atom. The van der Waals surface area contributed by atoms with Gasteiger partial charge in [-0.25, -0.2) is 4.21 Å². The number of benzene rings is 1. The molecule has 1 aromatic carbocycles. The third-order valence-electron chi connectivity index (χ3n) is 2.86. The zero-order valence-electron chi connectivity index (χ0n) is 12.6. The molecule has 0 bridgehead atoms. The number of hydrogen-bond acceptors (Lipinski definition) is 3. The molecule has 0 aliphatic carbocycles. The standard InChI is InChI=1S/C16H19NO2S2/c1-16(2,3)21(18)17-15(13-9-10-20-11-13)12-5-7-14(19-4)8-6-12/h5-11H,1-4H3. The maximum absolute atomic E-state index is 12.4.